The minimum Gasteiger partial charge on any atom is -0.326 e. The van der Waals surface area contributed by atoms with E-state index in [1.54, 1.807) is 29.4 Å². The molecule has 2 aromatic heterocycles. The number of imidazole rings is 1. The van der Waals surface area contributed by atoms with E-state index in [-0.39, 0.29) is 18.2 Å². The molecular weight excluding hydrogens is 426 g/mol. The van der Waals surface area contributed by atoms with E-state index in [0.717, 1.165) is 22.2 Å². The van der Waals surface area contributed by atoms with Crippen LogP contribution in [-0.2, 0) is 16.1 Å². The maximum atomic E-state index is 13.4. The molecule has 1 N–H and O–H groups in total. The quantitative estimate of drug-likeness (QED) is 0.490. The number of fused-ring (bicyclic) bond motifs is 3. The average Bonchev–Trinajstić information content (AvgIpc) is 3.28. The van der Waals surface area contributed by atoms with Crippen LogP contribution in [0.1, 0.15) is 23.6 Å². The Balaban J connectivity index is 1.48. The van der Waals surface area contributed by atoms with Crippen LogP contribution in [-0.4, -0.2) is 26.3 Å². The zero-order valence-corrected chi connectivity index (χ0v) is 18.1. The topological polar surface area (TPSA) is 80.1 Å². The van der Waals surface area contributed by atoms with Crippen LogP contribution in [0.2, 0.25) is 5.02 Å². The summed E-state index contributed by atoms with van der Waals surface area (Å²) in [5.41, 5.74) is 4.02. The summed E-state index contributed by atoms with van der Waals surface area (Å²) in [6, 6.07) is 16.0. The van der Waals surface area contributed by atoms with E-state index in [2.05, 4.69) is 15.3 Å². The molecule has 8 heteroatoms. The number of amides is 2. The molecule has 0 spiro atoms. The molecule has 5 rings (SSSR count). The predicted molar refractivity (Wildman–Crippen MR) is 124 cm³/mol. The Labute approximate surface area is 189 Å². The standard InChI is InChI=1S/C24H20ClN5O2/c1-15-8-9-17(25)11-19(15)27-22(31)12-21-23(32)29(14-16-5-4-10-26-13-16)24-28-18-6-2-3-7-20(18)30(21)24/h2-11,13,21H,12,14H2,1H3,(H,27,31). The summed E-state index contributed by atoms with van der Waals surface area (Å²) in [4.78, 5) is 36.8. The number of carbonyl (C=O) groups excluding carboxylic acids is 2. The Kier molecular flexibility index (Phi) is 5.11. The number of aromatic nitrogens is 3. The highest BCUT2D eigenvalue weighted by Crippen LogP contribution is 2.37. The molecule has 32 heavy (non-hydrogen) atoms. The number of carbonyl (C=O) groups is 2. The van der Waals surface area contributed by atoms with Gasteiger partial charge in [0.05, 0.1) is 24.0 Å². The highest BCUT2D eigenvalue weighted by atomic mass is 35.5. The zero-order chi connectivity index (χ0) is 22.2. The second kappa shape index (κ2) is 8.09. The zero-order valence-electron chi connectivity index (χ0n) is 17.3. The van der Waals surface area contributed by atoms with Gasteiger partial charge < -0.3 is 5.32 Å². The van der Waals surface area contributed by atoms with Crippen LogP contribution in [0.15, 0.2) is 67.0 Å². The second-order valence-corrected chi connectivity index (χ2v) is 8.22. The van der Waals surface area contributed by atoms with E-state index in [1.165, 1.54) is 0 Å². The maximum absolute atomic E-state index is 13.4. The third-order valence-electron chi connectivity index (χ3n) is 5.60. The smallest absolute Gasteiger partial charge is 0.253 e. The van der Waals surface area contributed by atoms with E-state index in [4.69, 9.17) is 11.6 Å². The van der Waals surface area contributed by atoms with Crippen LogP contribution in [0, 0.1) is 6.92 Å². The fourth-order valence-electron chi connectivity index (χ4n) is 4.03. The normalized spacial score (nSPS) is 15.2. The van der Waals surface area contributed by atoms with E-state index < -0.39 is 6.04 Å². The lowest BCUT2D eigenvalue weighted by Crippen LogP contribution is -2.31. The fraction of sp³-hybridized carbons (Fsp3) is 0.167. The first-order valence-electron chi connectivity index (χ1n) is 10.2. The third kappa shape index (κ3) is 3.61. The lowest BCUT2D eigenvalue weighted by atomic mass is 10.1. The molecule has 0 saturated heterocycles. The highest BCUT2D eigenvalue weighted by molar-refractivity contribution is 6.31. The summed E-state index contributed by atoms with van der Waals surface area (Å²) >= 11 is 6.08. The molecule has 1 atom stereocenters. The van der Waals surface area contributed by atoms with E-state index >= 15 is 0 Å². The summed E-state index contributed by atoms with van der Waals surface area (Å²) < 4.78 is 1.86. The molecule has 1 aliphatic rings. The number of para-hydroxylation sites is 2. The van der Waals surface area contributed by atoms with Gasteiger partial charge in [-0.2, -0.15) is 0 Å². The molecule has 0 fully saturated rings. The van der Waals surface area contributed by atoms with Crippen LogP contribution in [0.5, 0.6) is 0 Å². The van der Waals surface area contributed by atoms with Gasteiger partial charge in [0.1, 0.15) is 6.04 Å². The molecule has 160 valence electrons. The summed E-state index contributed by atoms with van der Waals surface area (Å²) in [7, 11) is 0. The maximum Gasteiger partial charge on any atom is 0.253 e. The Hall–Kier alpha value is -3.71. The molecule has 1 unspecified atom stereocenters. The molecule has 0 bridgehead atoms. The number of nitrogens with one attached hydrogen (secondary N) is 1. The van der Waals surface area contributed by atoms with Crippen molar-refractivity contribution in [2.75, 3.05) is 10.2 Å². The van der Waals surface area contributed by atoms with Gasteiger partial charge in [-0.15, -0.1) is 0 Å². The van der Waals surface area contributed by atoms with Gasteiger partial charge in [-0.05, 0) is 48.4 Å². The lowest BCUT2D eigenvalue weighted by Gasteiger charge is -2.16. The van der Waals surface area contributed by atoms with Crippen molar-refractivity contribution in [3.8, 4) is 0 Å². The Bertz CT molecular complexity index is 1330. The number of hydrogen-bond donors (Lipinski definition) is 1. The van der Waals surface area contributed by atoms with Crippen molar-refractivity contribution in [3.05, 3.63) is 83.1 Å². The third-order valence-corrected chi connectivity index (χ3v) is 5.83. The van der Waals surface area contributed by atoms with E-state index in [0.29, 0.717) is 23.2 Å². The number of hydrogen-bond acceptors (Lipinski definition) is 4. The summed E-state index contributed by atoms with van der Waals surface area (Å²) in [5, 5.41) is 3.43. The average molecular weight is 446 g/mol. The Morgan fingerprint density at radius 2 is 2.00 bits per heavy atom. The van der Waals surface area contributed by atoms with Gasteiger partial charge >= 0.3 is 0 Å². The summed E-state index contributed by atoms with van der Waals surface area (Å²) in [6.45, 7) is 2.23. The lowest BCUT2D eigenvalue weighted by molar-refractivity contribution is -0.124. The fourth-order valence-corrected chi connectivity index (χ4v) is 4.20. The van der Waals surface area contributed by atoms with Crippen molar-refractivity contribution >= 4 is 46.1 Å². The summed E-state index contributed by atoms with van der Waals surface area (Å²) in [6.07, 6.45) is 3.40. The van der Waals surface area contributed by atoms with Crippen molar-refractivity contribution in [2.24, 2.45) is 0 Å². The van der Waals surface area contributed by atoms with Gasteiger partial charge in [-0.25, -0.2) is 4.98 Å². The minimum absolute atomic E-state index is 0.0122. The number of aryl methyl sites for hydroxylation is 1. The molecule has 0 saturated carbocycles. The molecule has 7 nitrogen and oxygen atoms in total. The molecule has 3 heterocycles. The van der Waals surface area contributed by atoms with Gasteiger partial charge in [0, 0.05) is 23.1 Å². The Morgan fingerprint density at radius 1 is 1.16 bits per heavy atom. The minimum atomic E-state index is -0.687. The second-order valence-electron chi connectivity index (χ2n) is 7.78. The molecule has 2 aromatic carbocycles. The van der Waals surface area contributed by atoms with Crippen LogP contribution in [0.3, 0.4) is 0 Å². The predicted octanol–water partition coefficient (Wildman–Crippen LogP) is 4.51. The first kappa shape index (κ1) is 20.2. The highest BCUT2D eigenvalue weighted by Gasteiger charge is 2.40. The van der Waals surface area contributed by atoms with Gasteiger partial charge in [0.25, 0.3) is 5.91 Å². The van der Waals surface area contributed by atoms with Gasteiger partial charge in [0.2, 0.25) is 11.9 Å². The first-order valence-corrected chi connectivity index (χ1v) is 10.6. The van der Waals surface area contributed by atoms with E-state index in [1.807, 2.05) is 54.0 Å². The molecule has 2 amide bonds. The van der Waals surface area contributed by atoms with Crippen LogP contribution in [0.4, 0.5) is 11.6 Å². The van der Waals surface area contributed by atoms with Crippen molar-refractivity contribution in [3.63, 3.8) is 0 Å². The number of nitrogens with zero attached hydrogens (tertiary/aromatic N) is 4. The first-order chi connectivity index (χ1) is 15.5. The van der Waals surface area contributed by atoms with Gasteiger partial charge in [0.15, 0.2) is 0 Å². The van der Waals surface area contributed by atoms with Crippen LogP contribution >= 0.6 is 11.6 Å². The monoisotopic (exact) mass is 445 g/mol. The van der Waals surface area contributed by atoms with Crippen molar-refractivity contribution < 1.29 is 9.59 Å². The van der Waals surface area contributed by atoms with Crippen LogP contribution in [0.25, 0.3) is 11.0 Å². The molecule has 4 aromatic rings. The van der Waals surface area contributed by atoms with Crippen molar-refractivity contribution in [1.29, 1.82) is 0 Å². The van der Waals surface area contributed by atoms with Crippen molar-refractivity contribution in [1.82, 2.24) is 14.5 Å². The van der Waals surface area contributed by atoms with Gasteiger partial charge in [-0.3, -0.25) is 24.0 Å². The van der Waals surface area contributed by atoms with E-state index in [9.17, 15) is 9.59 Å². The van der Waals surface area contributed by atoms with Crippen LogP contribution < -0.4 is 10.2 Å². The molecule has 0 radical (unpaired) electrons. The molecular formula is C24H20ClN5O2. The number of anilines is 2. The SMILES string of the molecule is Cc1ccc(Cl)cc1NC(=O)CC1C(=O)N(Cc2cccnc2)c2nc3ccccc3n21. The summed E-state index contributed by atoms with van der Waals surface area (Å²) in [5.74, 6) is 0.109. The molecule has 0 aliphatic carbocycles. The number of benzene rings is 2. The molecule has 1 aliphatic heterocycles. The van der Waals surface area contributed by atoms with Crippen molar-refractivity contribution in [2.45, 2.75) is 25.9 Å². The number of rotatable bonds is 5. The Morgan fingerprint density at radius 3 is 2.81 bits per heavy atom. The van der Waals surface area contributed by atoms with Gasteiger partial charge in [-0.1, -0.05) is 35.9 Å². The largest absolute Gasteiger partial charge is 0.326 e. The number of pyridine rings is 1. The number of halogens is 1.